The maximum Gasteiger partial charge on any atom is 0.335 e. The quantitative estimate of drug-likeness (QED) is 0.358. The molecule has 142 valence electrons. The Morgan fingerprint density at radius 1 is 0.926 bits per heavy atom. The van der Waals surface area contributed by atoms with Crippen molar-refractivity contribution in [1.29, 1.82) is 0 Å². The van der Waals surface area contributed by atoms with Gasteiger partial charge >= 0.3 is 5.97 Å². The summed E-state index contributed by atoms with van der Waals surface area (Å²) in [6, 6.07) is 13.7. The van der Waals surface area contributed by atoms with Crippen molar-refractivity contribution in [3.8, 4) is 0 Å². The molecule has 1 heterocycles. The van der Waals surface area contributed by atoms with Gasteiger partial charge in [0.15, 0.2) is 0 Å². The molecule has 0 spiro atoms. The van der Waals surface area contributed by atoms with Crippen LogP contribution in [0.3, 0.4) is 0 Å². The van der Waals surface area contributed by atoms with E-state index in [1.807, 2.05) is 0 Å². The monoisotopic (exact) mass is 397 g/mol. The van der Waals surface area contributed by atoms with Gasteiger partial charge in [-0.1, -0.05) is 78.1 Å². The fourth-order valence-electron chi connectivity index (χ4n) is 4.02. The van der Waals surface area contributed by atoms with Crippen LogP contribution in [-0.2, 0) is 0 Å². The SMILES string of the molecule is Cc1cc2c(cc1C(=NO)c1ccc(C(=O)O)cc1)[Si](C)(C)CC[Si]2(C)C. The Labute approximate surface area is 162 Å². The molecular formula is C21H27NO3Si2. The molecule has 4 nitrogen and oxygen atoms in total. The molecule has 2 aromatic carbocycles. The summed E-state index contributed by atoms with van der Waals surface area (Å²) in [5, 5.41) is 25.5. The summed E-state index contributed by atoms with van der Waals surface area (Å²) in [5.74, 6) is -0.964. The lowest BCUT2D eigenvalue weighted by molar-refractivity contribution is 0.0697. The molecule has 0 atom stereocenters. The number of hydrogen-bond donors (Lipinski definition) is 2. The normalized spacial score (nSPS) is 18.0. The molecule has 0 aromatic heterocycles. The zero-order valence-electron chi connectivity index (χ0n) is 16.6. The lowest BCUT2D eigenvalue weighted by Crippen LogP contribution is -2.63. The molecular weight excluding hydrogens is 370 g/mol. The van der Waals surface area contributed by atoms with Crippen molar-refractivity contribution in [2.75, 3.05) is 0 Å². The minimum atomic E-state index is -1.52. The van der Waals surface area contributed by atoms with Crippen LogP contribution in [-0.4, -0.2) is 38.1 Å². The van der Waals surface area contributed by atoms with Gasteiger partial charge in [-0.15, -0.1) is 0 Å². The van der Waals surface area contributed by atoms with Crippen LogP contribution in [0.1, 0.15) is 27.0 Å². The Morgan fingerprint density at radius 2 is 1.41 bits per heavy atom. The van der Waals surface area contributed by atoms with Crippen LogP contribution in [0.15, 0.2) is 41.6 Å². The van der Waals surface area contributed by atoms with E-state index in [1.165, 1.54) is 17.3 Å². The van der Waals surface area contributed by atoms with E-state index in [-0.39, 0.29) is 5.56 Å². The standard InChI is InChI=1S/C21H27NO3Si2/c1-14-12-18-19(27(4,5)11-10-26(18,2)3)13-17(14)20(22-25)15-6-8-16(9-7-15)21(23)24/h6-9,12-13,25H,10-11H2,1-5H3,(H,23,24). The molecule has 2 aromatic rings. The predicted octanol–water partition coefficient (Wildman–Crippen LogP) is 3.76. The van der Waals surface area contributed by atoms with Gasteiger partial charge in [-0.05, 0) is 24.6 Å². The highest BCUT2D eigenvalue weighted by Gasteiger charge is 2.40. The van der Waals surface area contributed by atoms with E-state index >= 15 is 0 Å². The zero-order chi connectivity index (χ0) is 20.0. The molecule has 1 aliphatic heterocycles. The van der Waals surface area contributed by atoms with Gasteiger partial charge in [0.25, 0.3) is 0 Å². The highest BCUT2D eigenvalue weighted by atomic mass is 28.3. The summed E-state index contributed by atoms with van der Waals surface area (Å²) >= 11 is 0. The number of oxime groups is 1. The first-order valence-electron chi connectivity index (χ1n) is 9.28. The van der Waals surface area contributed by atoms with Gasteiger partial charge in [-0.3, -0.25) is 0 Å². The number of benzene rings is 2. The maximum atomic E-state index is 11.1. The first-order valence-corrected chi connectivity index (χ1v) is 15.7. The van der Waals surface area contributed by atoms with E-state index < -0.39 is 22.1 Å². The van der Waals surface area contributed by atoms with Gasteiger partial charge in [0.2, 0.25) is 0 Å². The molecule has 27 heavy (non-hydrogen) atoms. The Morgan fingerprint density at radius 3 is 1.89 bits per heavy atom. The molecule has 0 bridgehead atoms. The topological polar surface area (TPSA) is 69.9 Å². The number of carboxylic acids is 1. The number of carbonyl (C=O) groups is 1. The van der Waals surface area contributed by atoms with Crippen molar-refractivity contribution in [1.82, 2.24) is 0 Å². The minimum absolute atomic E-state index is 0.222. The van der Waals surface area contributed by atoms with Gasteiger partial charge in [-0.2, -0.15) is 0 Å². The molecule has 0 radical (unpaired) electrons. The average Bonchev–Trinajstić information content (AvgIpc) is 2.61. The third-order valence-electron chi connectivity index (χ3n) is 5.96. The lowest BCUT2D eigenvalue weighted by atomic mass is 9.97. The third-order valence-corrected chi connectivity index (χ3v) is 13.5. The van der Waals surface area contributed by atoms with Gasteiger partial charge < -0.3 is 10.3 Å². The summed E-state index contributed by atoms with van der Waals surface area (Å²) in [7, 11) is -2.95. The van der Waals surface area contributed by atoms with Crippen LogP contribution < -0.4 is 10.4 Å². The van der Waals surface area contributed by atoms with Crippen molar-refractivity contribution in [2.24, 2.45) is 5.16 Å². The average molecular weight is 398 g/mol. The molecule has 3 rings (SSSR count). The van der Waals surface area contributed by atoms with Crippen molar-refractivity contribution >= 4 is 38.2 Å². The van der Waals surface area contributed by atoms with Crippen molar-refractivity contribution in [2.45, 2.75) is 45.2 Å². The fourth-order valence-corrected chi connectivity index (χ4v) is 14.3. The second kappa shape index (κ2) is 6.76. The van der Waals surface area contributed by atoms with Crippen LogP contribution in [0.5, 0.6) is 0 Å². The number of nitrogens with zero attached hydrogens (tertiary/aromatic N) is 1. The lowest BCUT2D eigenvalue weighted by Gasteiger charge is -2.40. The number of aromatic carboxylic acids is 1. The number of aryl methyl sites for hydroxylation is 1. The fraction of sp³-hybridized carbons (Fsp3) is 0.333. The zero-order valence-corrected chi connectivity index (χ0v) is 18.6. The van der Waals surface area contributed by atoms with E-state index in [0.717, 1.165) is 16.7 Å². The number of carboxylic acid groups (broad SMARTS) is 1. The molecule has 0 saturated carbocycles. The molecule has 0 amide bonds. The van der Waals surface area contributed by atoms with Gasteiger partial charge in [0, 0.05) is 11.1 Å². The molecule has 1 aliphatic rings. The summed E-state index contributed by atoms with van der Waals surface area (Å²) < 4.78 is 0. The van der Waals surface area contributed by atoms with Gasteiger partial charge in [-0.25, -0.2) is 4.79 Å². The Kier molecular flexibility index (Phi) is 4.90. The molecule has 0 aliphatic carbocycles. The summed E-state index contributed by atoms with van der Waals surface area (Å²) in [6.45, 7) is 11.8. The van der Waals surface area contributed by atoms with Crippen LogP contribution in [0, 0.1) is 6.92 Å². The van der Waals surface area contributed by atoms with Crippen molar-refractivity contribution in [3.63, 3.8) is 0 Å². The highest BCUT2D eigenvalue weighted by Crippen LogP contribution is 2.27. The smallest absolute Gasteiger partial charge is 0.335 e. The van der Waals surface area contributed by atoms with E-state index in [1.54, 1.807) is 29.5 Å². The first-order chi connectivity index (χ1) is 12.6. The maximum absolute atomic E-state index is 11.1. The summed E-state index contributed by atoms with van der Waals surface area (Å²) in [6.07, 6.45) is 0. The Hall–Kier alpha value is -2.19. The molecule has 6 heteroatoms. The molecule has 0 unspecified atom stereocenters. The second-order valence-corrected chi connectivity index (χ2v) is 18.4. The van der Waals surface area contributed by atoms with E-state index in [2.05, 4.69) is 50.4 Å². The van der Waals surface area contributed by atoms with Crippen LogP contribution in [0.2, 0.25) is 38.3 Å². The van der Waals surface area contributed by atoms with Crippen LogP contribution >= 0.6 is 0 Å². The Bertz CT molecular complexity index is 931. The number of rotatable bonds is 3. The van der Waals surface area contributed by atoms with Crippen LogP contribution in [0.25, 0.3) is 0 Å². The molecule has 2 N–H and O–H groups in total. The Balaban J connectivity index is 2.15. The summed E-state index contributed by atoms with van der Waals surface area (Å²) in [5.41, 5.74) is 3.49. The van der Waals surface area contributed by atoms with E-state index in [4.69, 9.17) is 5.11 Å². The van der Waals surface area contributed by atoms with Crippen molar-refractivity contribution in [3.05, 3.63) is 58.7 Å². The van der Waals surface area contributed by atoms with E-state index in [0.29, 0.717) is 5.71 Å². The minimum Gasteiger partial charge on any atom is -0.478 e. The molecule has 0 fully saturated rings. The third kappa shape index (κ3) is 3.51. The van der Waals surface area contributed by atoms with Crippen LogP contribution in [0.4, 0.5) is 0 Å². The first kappa shape index (κ1) is 19.6. The van der Waals surface area contributed by atoms with Gasteiger partial charge in [0.05, 0.1) is 21.7 Å². The highest BCUT2D eigenvalue weighted by molar-refractivity contribution is 7.03. The van der Waals surface area contributed by atoms with Crippen molar-refractivity contribution < 1.29 is 15.1 Å². The number of hydrogen-bond acceptors (Lipinski definition) is 3. The summed E-state index contributed by atoms with van der Waals surface area (Å²) in [4.78, 5) is 11.1. The molecule has 0 saturated heterocycles. The van der Waals surface area contributed by atoms with E-state index in [9.17, 15) is 10.0 Å². The predicted molar refractivity (Wildman–Crippen MR) is 116 cm³/mol. The number of fused-ring (bicyclic) bond motifs is 1. The largest absolute Gasteiger partial charge is 0.478 e. The van der Waals surface area contributed by atoms with Gasteiger partial charge in [0.1, 0.15) is 5.71 Å². The second-order valence-electron chi connectivity index (χ2n) is 8.81.